The first-order chi connectivity index (χ1) is 8.76. The van der Waals surface area contributed by atoms with E-state index in [1.54, 1.807) is 11.3 Å². The van der Waals surface area contributed by atoms with Crippen molar-refractivity contribution in [3.8, 4) is 0 Å². The molecule has 1 aromatic carbocycles. The first-order valence-corrected chi connectivity index (χ1v) is 7.23. The fraction of sp³-hybridized carbons (Fsp3) is 0.333. The molecule has 0 spiro atoms. The van der Waals surface area contributed by atoms with Gasteiger partial charge in [-0.25, -0.2) is 5.43 Å². The minimum atomic E-state index is 0.0978. The summed E-state index contributed by atoms with van der Waals surface area (Å²) in [6.45, 7) is 4.33. The van der Waals surface area contributed by atoms with Crippen LogP contribution < -0.4 is 11.3 Å². The van der Waals surface area contributed by atoms with Gasteiger partial charge in [-0.05, 0) is 41.5 Å². The van der Waals surface area contributed by atoms with Gasteiger partial charge in [-0.3, -0.25) is 5.84 Å². The van der Waals surface area contributed by atoms with Crippen LogP contribution >= 0.6 is 11.3 Å². The normalized spacial score (nSPS) is 12.6. The molecule has 0 amide bonds. The molecule has 18 heavy (non-hydrogen) atoms. The van der Waals surface area contributed by atoms with Crippen LogP contribution in [0.3, 0.4) is 0 Å². The fourth-order valence-corrected chi connectivity index (χ4v) is 3.18. The topological polar surface area (TPSA) is 38.0 Å². The van der Waals surface area contributed by atoms with Crippen molar-refractivity contribution in [1.82, 2.24) is 5.43 Å². The highest BCUT2D eigenvalue weighted by atomic mass is 32.1. The Morgan fingerprint density at radius 1 is 1.22 bits per heavy atom. The van der Waals surface area contributed by atoms with Gasteiger partial charge in [0.25, 0.3) is 0 Å². The molecule has 0 saturated heterocycles. The van der Waals surface area contributed by atoms with Crippen LogP contribution in [-0.2, 0) is 6.42 Å². The molecule has 3 heteroatoms. The Bertz CT molecular complexity index is 487. The van der Waals surface area contributed by atoms with Crippen LogP contribution in [0, 0.1) is 6.92 Å². The average Bonchev–Trinajstić information content (AvgIpc) is 2.79. The lowest BCUT2D eigenvalue weighted by molar-refractivity contribution is 0.643. The van der Waals surface area contributed by atoms with E-state index in [-0.39, 0.29) is 6.04 Å². The molecular weight excluding hydrogens is 240 g/mol. The van der Waals surface area contributed by atoms with Gasteiger partial charge in [0.1, 0.15) is 0 Å². The van der Waals surface area contributed by atoms with Gasteiger partial charge in [-0.15, -0.1) is 11.3 Å². The largest absolute Gasteiger partial charge is 0.271 e. The molecule has 0 aliphatic carbocycles. The lowest BCUT2D eigenvalue weighted by Crippen LogP contribution is -2.28. The van der Waals surface area contributed by atoms with Crippen LogP contribution in [0.25, 0.3) is 0 Å². The van der Waals surface area contributed by atoms with Crippen molar-refractivity contribution in [2.45, 2.75) is 32.7 Å². The minimum Gasteiger partial charge on any atom is -0.271 e. The maximum absolute atomic E-state index is 5.72. The smallest absolute Gasteiger partial charge is 0.0805 e. The SMILES string of the molecule is CCCc1ccc(C(NN)c2sccc2C)cc1. The summed E-state index contributed by atoms with van der Waals surface area (Å²) in [6.07, 6.45) is 2.32. The molecule has 0 saturated carbocycles. The van der Waals surface area contributed by atoms with E-state index in [0.717, 1.165) is 6.42 Å². The molecule has 0 aliphatic rings. The van der Waals surface area contributed by atoms with Gasteiger partial charge in [-0.1, -0.05) is 37.6 Å². The Hall–Kier alpha value is -1.16. The third-order valence-corrected chi connectivity index (χ3v) is 4.27. The number of hydrogen-bond donors (Lipinski definition) is 2. The van der Waals surface area contributed by atoms with Crippen LogP contribution in [0.15, 0.2) is 35.7 Å². The molecule has 0 bridgehead atoms. The third kappa shape index (κ3) is 2.80. The van der Waals surface area contributed by atoms with Gasteiger partial charge in [-0.2, -0.15) is 0 Å². The Balaban J connectivity index is 2.25. The average molecular weight is 260 g/mol. The molecule has 96 valence electrons. The van der Waals surface area contributed by atoms with E-state index < -0.39 is 0 Å². The molecule has 1 heterocycles. The summed E-state index contributed by atoms with van der Waals surface area (Å²) in [5.41, 5.74) is 6.83. The van der Waals surface area contributed by atoms with Crippen LogP contribution in [0.1, 0.15) is 41.0 Å². The molecule has 1 unspecified atom stereocenters. The predicted octanol–water partition coefficient (Wildman–Crippen LogP) is 3.56. The third-order valence-electron chi connectivity index (χ3n) is 3.18. The van der Waals surface area contributed by atoms with Gasteiger partial charge in [0, 0.05) is 4.88 Å². The first-order valence-electron chi connectivity index (χ1n) is 6.35. The Morgan fingerprint density at radius 3 is 2.44 bits per heavy atom. The fourth-order valence-electron chi connectivity index (χ4n) is 2.17. The number of aryl methyl sites for hydroxylation is 2. The monoisotopic (exact) mass is 260 g/mol. The van der Waals surface area contributed by atoms with E-state index >= 15 is 0 Å². The predicted molar refractivity (Wildman–Crippen MR) is 78.7 cm³/mol. The molecule has 2 nitrogen and oxygen atoms in total. The number of thiophene rings is 1. The van der Waals surface area contributed by atoms with Crippen LogP contribution in [0.4, 0.5) is 0 Å². The van der Waals surface area contributed by atoms with Crippen molar-refractivity contribution < 1.29 is 0 Å². The van der Waals surface area contributed by atoms with E-state index in [2.05, 4.69) is 55.0 Å². The van der Waals surface area contributed by atoms with Gasteiger partial charge >= 0.3 is 0 Å². The summed E-state index contributed by atoms with van der Waals surface area (Å²) in [5, 5.41) is 2.11. The van der Waals surface area contributed by atoms with Crippen molar-refractivity contribution >= 4 is 11.3 Å². The summed E-state index contributed by atoms with van der Waals surface area (Å²) in [6, 6.07) is 11.0. The molecule has 0 aliphatic heterocycles. The highest BCUT2D eigenvalue weighted by molar-refractivity contribution is 7.10. The van der Waals surface area contributed by atoms with E-state index in [1.165, 1.54) is 28.0 Å². The summed E-state index contributed by atoms with van der Waals surface area (Å²) < 4.78 is 0. The highest BCUT2D eigenvalue weighted by Gasteiger charge is 2.15. The Labute approximate surface area is 113 Å². The van der Waals surface area contributed by atoms with Gasteiger partial charge in [0.15, 0.2) is 0 Å². The lowest BCUT2D eigenvalue weighted by Gasteiger charge is -2.16. The summed E-state index contributed by atoms with van der Waals surface area (Å²) >= 11 is 1.75. The van der Waals surface area contributed by atoms with Gasteiger partial charge in [0.2, 0.25) is 0 Å². The lowest BCUT2D eigenvalue weighted by atomic mass is 10.0. The second-order valence-electron chi connectivity index (χ2n) is 4.56. The standard InChI is InChI=1S/C15H20N2S/c1-3-4-12-5-7-13(8-6-12)14(17-16)15-11(2)9-10-18-15/h5-10,14,17H,3-4,16H2,1-2H3. The number of benzene rings is 1. The van der Waals surface area contributed by atoms with Gasteiger partial charge < -0.3 is 0 Å². The maximum atomic E-state index is 5.72. The van der Waals surface area contributed by atoms with Crippen LogP contribution in [-0.4, -0.2) is 0 Å². The quantitative estimate of drug-likeness (QED) is 0.637. The van der Waals surface area contributed by atoms with Gasteiger partial charge in [0.05, 0.1) is 6.04 Å². The second kappa shape index (κ2) is 6.14. The first kappa shape index (κ1) is 13.3. The zero-order valence-corrected chi connectivity index (χ0v) is 11.8. The van der Waals surface area contributed by atoms with E-state index in [1.807, 2.05) is 0 Å². The number of rotatable bonds is 5. The molecule has 1 aromatic heterocycles. The molecule has 2 aromatic rings. The minimum absolute atomic E-state index is 0.0978. The highest BCUT2D eigenvalue weighted by Crippen LogP contribution is 2.28. The number of nitrogens with one attached hydrogen (secondary N) is 1. The van der Waals surface area contributed by atoms with Crippen LogP contribution in [0.5, 0.6) is 0 Å². The van der Waals surface area contributed by atoms with Crippen molar-refractivity contribution in [1.29, 1.82) is 0 Å². The maximum Gasteiger partial charge on any atom is 0.0805 e. The number of nitrogens with two attached hydrogens (primary N) is 1. The van der Waals surface area contributed by atoms with Crippen molar-refractivity contribution in [2.24, 2.45) is 5.84 Å². The second-order valence-corrected chi connectivity index (χ2v) is 5.51. The molecule has 0 radical (unpaired) electrons. The molecule has 0 fully saturated rings. The Kier molecular flexibility index (Phi) is 4.53. The molecule has 1 atom stereocenters. The summed E-state index contributed by atoms with van der Waals surface area (Å²) in [7, 11) is 0. The van der Waals surface area contributed by atoms with Crippen molar-refractivity contribution in [3.05, 3.63) is 57.3 Å². The molecule has 2 rings (SSSR count). The number of hydrazine groups is 1. The van der Waals surface area contributed by atoms with Crippen molar-refractivity contribution in [2.75, 3.05) is 0 Å². The van der Waals surface area contributed by atoms with Crippen LogP contribution in [0.2, 0.25) is 0 Å². The van der Waals surface area contributed by atoms with E-state index in [4.69, 9.17) is 5.84 Å². The zero-order valence-electron chi connectivity index (χ0n) is 10.9. The molecular formula is C15H20N2S. The van der Waals surface area contributed by atoms with E-state index in [9.17, 15) is 0 Å². The Morgan fingerprint density at radius 2 is 1.94 bits per heavy atom. The van der Waals surface area contributed by atoms with E-state index in [0.29, 0.717) is 0 Å². The molecule has 3 N–H and O–H groups in total. The summed E-state index contributed by atoms with van der Waals surface area (Å²) in [5.74, 6) is 5.72. The number of hydrogen-bond acceptors (Lipinski definition) is 3. The zero-order chi connectivity index (χ0) is 13.0. The summed E-state index contributed by atoms with van der Waals surface area (Å²) in [4.78, 5) is 1.29. The van der Waals surface area contributed by atoms with Crippen molar-refractivity contribution in [3.63, 3.8) is 0 Å².